The molecule has 3 N–H and O–H groups in total. The van der Waals surface area contributed by atoms with E-state index < -0.39 is 0 Å². The van der Waals surface area contributed by atoms with Crippen LogP contribution in [-0.2, 0) is 0 Å². The number of anilines is 1. The monoisotopic (exact) mass is 222 g/mol. The van der Waals surface area contributed by atoms with E-state index >= 15 is 0 Å². The first-order chi connectivity index (χ1) is 7.86. The van der Waals surface area contributed by atoms with Gasteiger partial charge in [-0.2, -0.15) is 0 Å². The van der Waals surface area contributed by atoms with Crippen molar-refractivity contribution in [2.24, 2.45) is 5.73 Å². The van der Waals surface area contributed by atoms with Gasteiger partial charge in [-0.3, -0.25) is 0 Å². The van der Waals surface area contributed by atoms with Gasteiger partial charge in [0.15, 0.2) is 0 Å². The summed E-state index contributed by atoms with van der Waals surface area (Å²) in [5.41, 5.74) is 6.56. The molecule has 0 aliphatic carbocycles. The molecule has 0 aliphatic heterocycles. The zero-order valence-electron chi connectivity index (χ0n) is 10.0. The number of nitrogens with one attached hydrogen (secondary N) is 1. The third kappa shape index (κ3) is 5.03. The van der Waals surface area contributed by atoms with Gasteiger partial charge in [-0.25, -0.2) is 0 Å². The van der Waals surface area contributed by atoms with Crippen LogP contribution >= 0.6 is 0 Å². The van der Waals surface area contributed by atoms with Crippen LogP contribution in [0.3, 0.4) is 0 Å². The minimum absolute atomic E-state index is 0.708. The summed E-state index contributed by atoms with van der Waals surface area (Å²) in [7, 11) is 0. The van der Waals surface area contributed by atoms with Gasteiger partial charge in [-0.1, -0.05) is 12.5 Å². The molecule has 0 saturated heterocycles. The van der Waals surface area contributed by atoms with Crippen molar-refractivity contribution in [2.45, 2.75) is 26.2 Å². The Balaban J connectivity index is 2.27. The van der Waals surface area contributed by atoms with E-state index in [0.29, 0.717) is 6.61 Å². The molecule has 0 heterocycles. The number of hydrogen-bond donors (Lipinski definition) is 2. The lowest BCUT2D eigenvalue weighted by molar-refractivity contribution is 0.340. The zero-order valence-corrected chi connectivity index (χ0v) is 10.0. The van der Waals surface area contributed by atoms with Gasteiger partial charge in [0.2, 0.25) is 0 Å². The van der Waals surface area contributed by atoms with E-state index in [-0.39, 0.29) is 0 Å². The fraction of sp³-hybridized carbons (Fsp3) is 0.538. The SMILES string of the molecule is CCOc1cccc(NCCCCCN)c1. The van der Waals surface area contributed by atoms with Crippen molar-refractivity contribution in [3.8, 4) is 5.75 Å². The largest absolute Gasteiger partial charge is 0.494 e. The van der Waals surface area contributed by atoms with E-state index in [4.69, 9.17) is 10.5 Å². The summed E-state index contributed by atoms with van der Waals surface area (Å²) in [6.07, 6.45) is 3.46. The van der Waals surface area contributed by atoms with Crippen molar-refractivity contribution in [2.75, 3.05) is 25.0 Å². The molecule has 3 heteroatoms. The molecule has 0 bridgehead atoms. The van der Waals surface area contributed by atoms with Gasteiger partial charge >= 0.3 is 0 Å². The molecule has 0 atom stereocenters. The molecule has 0 unspecified atom stereocenters. The molecule has 0 saturated carbocycles. The van der Waals surface area contributed by atoms with Crippen LogP contribution < -0.4 is 15.8 Å². The quantitative estimate of drug-likeness (QED) is 0.665. The Morgan fingerprint density at radius 2 is 2.12 bits per heavy atom. The smallest absolute Gasteiger partial charge is 0.121 e. The van der Waals surface area contributed by atoms with Crippen molar-refractivity contribution < 1.29 is 4.74 Å². The normalized spacial score (nSPS) is 10.1. The Morgan fingerprint density at radius 3 is 2.88 bits per heavy atom. The predicted molar refractivity (Wildman–Crippen MR) is 69.0 cm³/mol. The summed E-state index contributed by atoms with van der Waals surface area (Å²) in [5.74, 6) is 0.925. The highest BCUT2D eigenvalue weighted by Gasteiger charge is 1.95. The third-order valence-electron chi connectivity index (χ3n) is 2.36. The number of benzene rings is 1. The number of unbranched alkanes of at least 4 members (excludes halogenated alkanes) is 2. The predicted octanol–water partition coefficient (Wildman–Crippen LogP) is 2.63. The van der Waals surface area contributed by atoms with E-state index in [1.54, 1.807) is 0 Å². The number of nitrogens with two attached hydrogens (primary N) is 1. The Kier molecular flexibility index (Phi) is 6.42. The van der Waals surface area contributed by atoms with Crippen LogP contribution in [0.1, 0.15) is 26.2 Å². The van der Waals surface area contributed by atoms with Gasteiger partial charge in [-0.15, -0.1) is 0 Å². The summed E-state index contributed by atoms with van der Waals surface area (Å²) in [6.45, 7) is 4.49. The maximum atomic E-state index is 5.44. The van der Waals surface area contributed by atoms with Crippen LogP contribution in [-0.4, -0.2) is 19.7 Å². The van der Waals surface area contributed by atoms with Crippen molar-refractivity contribution in [3.05, 3.63) is 24.3 Å². The maximum absolute atomic E-state index is 5.44. The first-order valence-electron chi connectivity index (χ1n) is 6.03. The summed E-state index contributed by atoms with van der Waals surface area (Å²) in [6, 6.07) is 8.08. The lowest BCUT2D eigenvalue weighted by Gasteiger charge is -2.08. The molecule has 16 heavy (non-hydrogen) atoms. The summed E-state index contributed by atoms with van der Waals surface area (Å²) < 4.78 is 5.43. The Hall–Kier alpha value is -1.22. The maximum Gasteiger partial charge on any atom is 0.121 e. The highest BCUT2D eigenvalue weighted by Crippen LogP contribution is 2.17. The highest BCUT2D eigenvalue weighted by atomic mass is 16.5. The number of ether oxygens (including phenoxy) is 1. The Morgan fingerprint density at radius 1 is 1.25 bits per heavy atom. The molecule has 1 aromatic carbocycles. The van der Waals surface area contributed by atoms with E-state index in [1.165, 1.54) is 6.42 Å². The van der Waals surface area contributed by atoms with Gasteiger partial charge in [0, 0.05) is 18.3 Å². The van der Waals surface area contributed by atoms with Crippen LogP contribution in [0, 0.1) is 0 Å². The van der Waals surface area contributed by atoms with E-state index in [9.17, 15) is 0 Å². The second kappa shape index (κ2) is 7.99. The Bertz CT molecular complexity index is 289. The molecule has 0 fully saturated rings. The molecule has 0 spiro atoms. The number of rotatable bonds is 8. The van der Waals surface area contributed by atoms with Gasteiger partial charge < -0.3 is 15.8 Å². The average Bonchev–Trinajstić information content (AvgIpc) is 2.30. The molecule has 0 amide bonds. The lowest BCUT2D eigenvalue weighted by Crippen LogP contribution is -2.04. The van der Waals surface area contributed by atoms with Crippen molar-refractivity contribution in [3.63, 3.8) is 0 Å². The second-order valence-electron chi connectivity index (χ2n) is 3.74. The second-order valence-corrected chi connectivity index (χ2v) is 3.74. The van der Waals surface area contributed by atoms with Crippen LogP contribution in [0.2, 0.25) is 0 Å². The molecular formula is C13H22N2O. The molecule has 0 aromatic heterocycles. The topological polar surface area (TPSA) is 47.3 Å². The Labute approximate surface area is 98.0 Å². The zero-order chi connectivity index (χ0) is 11.6. The molecule has 3 nitrogen and oxygen atoms in total. The van der Waals surface area contributed by atoms with E-state index in [1.807, 2.05) is 25.1 Å². The van der Waals surface area contributed by atoms with Crippen LogP contribution in [0.25, 0.3) is 0 Å². The van der Waals surface area contributed by atoms with Crippen LogP contribution in [0.5, 0.6) is 5.75 Å². The fourth-order valence-electron chi connectivity index (χ4n) is 1.54. The van der Waals surface area contributed by atoms with Crippen molar-refractivity contribution in [1.29, 1.82) is 0 Å². The van der Waals surface area contributed by atoms with E-state index in [2.05, 4.69) is 11.4 Å². The molecule has 1 aromatic rings. The van der Waals surface area contributed by atoms with Crippen molar-refractivity contribution >= 4 is 5.69 Å². The minimum atomic E-state index is 0.708. The molecule has 0 radical (unpaired) electrons. The van der Waals surface area contributed by atoms with Gasteiger partial charge in [0.25, 0.3) is 0 Å². The van der Waals surface area contributed by atoms with Crippen LogP contribution in [0.4, 0.5) is 5.69 Å². The summed E-state index contributed by atoms with van der Waals surface area (Å²) in [5, 5.41) is 3.38. The number of hydrogen-bond acceptors (Lipinski definition) is 3. The molecular weight excluding hydrogens is 200 g/mol. The van der Waals surface area contributed by atoms with Gasteiger partial charge in [-0.05, 0) is 38.4 Å². The molecule has 0 aliphatic rings. The van der Waals surface area contributed by atoms with E-state index in [0.717, 1.165) is 37.4 Å². The average molecular weight is 222 g/mol. The fourth-order valence-corrected chi connectivity index (χ4v) is 1.54. The summed E-state index contributed by atoms with van der Waals surface area (Å²) in [4.78, 5) is 0. The first-order valence-corrected chi connectivity index (χ1v) is 6.03. The molecule has 90 valence electrons. The van der Waals surface area contributed by atoms with Crippen molar-refractivity contribution in [1.82, 2.24) is 0 Å². The highest BCUT2D eigenvalue weighted by molar-refractivity contribution is 5.48. The standard InChI is InChI=1S/C13H22N2O/c1-2-16-13-8-6-7-12(11-13)15-10-5-3-4-9-14/h6-8,11,15H,2-5,9-10,14H2,1H3. The third-order valence-corrected chi connectivity index (χ3v) is 2.36. The summed E-state index contributed by atoms with van der Waals surface area (Å²) >= 11 is 0. The first kappa shape index (κ1) is 12.8. The van der Waals surface area contributed by atoms with Gasteiger partial charge in [0.05, 0.1) is 6.61 Å². The van der Waals surface area contributed by atoms with Gasteiger partial charge in [0.1, 0.15) is 5.75 Å². The minimum Gasteiger partial charge on any atom is -0.494 e. The van der Waals surface area contributed by atoms with Crippen LogP contribution in [0.15, 0.2) is 24.3 Å². The molecule has 1 rings (SSSR count). The lowest BCUT2D eigenvalue weighted by atomic mass is 10.2.